The van der Waals surface area contributed by atoms with Gasteiger partial charge in [0.15, 0.2) is 6.61 Å². The number of esters is 1. The van der Waals surface area contributed by atoms with E-state index < -0.39 is 29.6 Å². The summed E-state index contributed by atoms with van der Waals surface area (Å²) in [4.78, 5) is 49.5. The highest BCUT2D eigenvalue weighted by molar-refractivity contribution is 6.02. The lowest BCUT2D eigenvalue weighted by Crippen LogP contribution is -2.43. The number of ketones is 1. The van der Waals surface area contributed by atoms with Crippen molar-refractivity contribution in [2.45, 2.75) is 33.7 Å². The van der Waals surface area contributed by atoms with Crippen LogP contribution in [0.4, 0.5) is 5.82 Å². The van der Waals surface area contributed by atoms with E-state index in [1.165, 1.54) is 19.2 Å². The second kappa shape index (κ2) is 9.91. The predicted molar refractivity (Wildman–Crippen MR) is 112 cm³/mol. The first-order chi connectivity index (χ1) is 14.2. The molecule has 0 aliphatic carbocycles. The van der Waals surface area contributed by atoms with Crippen LogP contribution in [-0.2, 0) is 18.3 Å². The minimum absolute atomic E-state index is 0.209. The molecule has 0 unspecified atom stereocenters. The van der Waals surface area contributed by atoms with Gasteiger partial charge in [-0.2, -0.15) is 0 Å². The number of hydrogen-bond donors (Lipinski definition) is 1. The summed E-state index contributed by atoms with van der Waals surface area (Å²) in [5, 5.41) is 0. The van der Waals surface area contributed by atoms with Gasteiger partial charge in [-0.25, -0.2) is 9.59 Å². The summed E-state index contributed by atoms with van der Waals surface area (Å²) in [6, 6.07) is 6.40. The number of nitrogen functional groups attached to an aromatic ring is 1. The second-order valence-electron chi connectivity index (χ2n) is 7.29. The Hall–Kier alpha value is -3.36. The fraction of sp³-hybridized carbons (Fsp3) is 0.429. The minimum Gasteiger partial charge on any atom is -0.493 e. The summed E-state index contributed by atoms with van der Waals surface area (Å²) < 4.78 is 12.6. The van der Waals surface area contributed by atoms with Crippen LogP contribution in [0.15, 0.2) is 33.9 Å². The highest BCUT2D eigenvalue weighted by atomic mass is 16.5. The molecular formula is C21H27N3O6. The van der Waals surface area contributed by atoms with E-state index in [-0.39, 0.29) is 23.5 Å². The highest BCUT2D eigenvalue weighted by Crippen LogP contribution is 2.15. The molecule has 0 amide bonds. The van der Waals surface area contributed by atoms with Crippen LogP contribution in [0, 0.1) is 5.92 Å². The number of rotatable bonds is 9. The van der Waals surface area contributed by atoms with E-state index in [9.17, 15) is 19.2 Å². The molecule has 30 heavy (non-hydrogen) atoms. The standard InChI is InChI=1S/C21H27N3O6/c1-5-9-24-18(22)17(19(26)23(4)21(24)28)16(25)12-30-20(27)14-7-6-8-15(10-14)29-11-13(2)3/h6-8,10,13H,5,9,11-12,22H2,1-4H3. The highest BCUT2D eigenvalue weighted by Gasteiger charge is 2.22. The number of benzene rings is 1. The van der Waals surface area contributed by atoms with Gasteiger partial charge in [-0.05, 0) is 30.5 Å². The van der Waals surface area contributed by atoms with Crippen LogP contribution in [0.3, 0.4) is 0 Å². The Labute approximate surface area is 174 Å². The fourth-order valence-corrected chi connectivity index (χ4v) is 2.75. The zero-order valence-electron chi connectivity index (χ0n) is 17.6. The smallest absolute Gasteiger partial charge is 0.338 e. The lowest BCUT2D eigenvalue weighted by atomic mass is 10.2. The molecule has 0 aliphatic rings. The van der Waals surface area contributed by atoms with Gasteiger partial charge in [0.05, 0.1) is 12.2 Å². The molecule has 0 atom stereocenters. The quantitative estimate of drug-likeness (QED) is 0.486. The van der Waals surface area contributed by atoms with Crippen LogP contribution in [0.1, 0.15) is 47.9 Å². The maximum absolute atomic E-state index is 12.6. The first kappa shape index (κ1) is 22.9. The van der Waals surface area contributed by atoms with E-state index in [2.05, 4.69) is 0 Å². The minimum atomic E-state index is -0.824. The van der Waals surface area contributed by atoms with Crippen LogP contribution in [0.25, 0.3) is 0 Å². The van der Waals surface area contributed by atoms with E-state index in [0.29, 0.717) is 24.7 Å². The number of carbonyl (C=O) groups is 2. The number of nitrogens with two attached hydrogens (primary N) is 1. The lowest BCUT2D eigenvalue weighted by molar-refractivity contribution is 0.0473. The molecule has 0 aliphatic heterocycles. The molecule has 0 bridgehead atoms. The summed E-state index contributed by atoms with van der Waals surface area (Å²) in [7, 11) is 1.27. The van der Waals surface area contributed by atoms with Crippen molar-refractivity contribution >= 4 is 17.6 Å². The van der Waals surface area contributed by atoms with Crippen molar-refractivity contribution in [3.63, 3.8) is 0 Å². The molecule has 0 fully saturated rings. The summed E-state index contributed by atoms with van der Waals surface area (Å²) in [5.41, 5.74) is 4.32. The zero-order valence-corrected chi connectivity index (χ0v) is 17.6. The summed E-state index contributed by atoms with van der Waals surface area (Å²) in [6.45, 7) is 5.90. The third-order valence-electron chi connectivity index (χ3n) is 4.30. The Balaban J connectivity index is 2.18. The van der Waals surface area contributed by atoms with Crippen LogP contribution in [0.5, 0.6) is 5.75 Å². The number of ether oxygens (including phenoxy) is 2. The predicted octanol–water partition coefficient (Wildman–Crippen LogP) is 1.61. The SMILES string of the molecule is CCCn1c(N)c(C(=O)COC(=O)c2cccc(OCC(C)C)c2)c(=O)n(C)c1=O. The van der Waals surface area contributed by atoms with Crippen molar-refractivity contribution < 1.29 is 19.1 Å². The van der Waals surface area contributed by atoms with E-state index in [1.807, 2.05) is 20.8 Å². The monoisotopic (exact) mass is 417 g/mol. The maximum atomic E-state index is 12.6. The van der Waals surface area contributed by atoms with Gasteiger partial charge >= 0.3 is 11.7 Å². The Bertz CT molecular complexity index is 1050. The summed E-state index contributed by atoms with van der Waals surface area (Å²) >= 11 is 0. The largest absolute Gasteiger partial charge is 0.493 e. The van der Waals surface area contributed by atoms with Gasteiger partial charge in [0, 0.05) is 13.6 Å². The van der Waals surface area contributed by atoms with Crippen molar-refractivity contribution in [3.8, 4) is 5.75 Å². The normalized spacial score (nSPS) is 10.8. The molecule has 0 saturated heterocycles. The number of nitrogens with zero attached hydrogens (tertiary/aromatic N) is 2. The van der Waals surface area contributed by atoms with Gasteiger partial charge in [-0.15, -0.1) is 0 Å². The molecule has 0 radical (unpaired) electrons. The van der Waals surface area contributed by atoms with Crippen LogP contribution in [-0.4, -0.2) is 34.1 Å². The first-order valence-corrected chi connectivity index (χ1v) is 9.69. The van der Waals surface area contributed by atoms with E-state index in [0.717, 1.165) is 9.13 Å². The third-order valence-corrected chi connectivity index (χ3v) is 4.30. The molecule has 1 aromatic carbocycles. The molecule has 0 spiro atoms. The molecule has 9 heteroatoms. The van der Waals surface area contributed by atoms with Gasteiger partial charge in [0.2, 0.25) is 5.78 Å². The van der Waals surface area contributed by atoms with Crippen molar-refractivity contribution in [2.75, 3.05) is 18.9 Å². The van der Waals surface area contributed by atoms with Crippen molar-refractivity contribution in [1.29, 1.82) is 0 Å². The van der Waals surface area contributed by atoms with E-state index in [1.54, 1.807) is 12.1 Å². The maximum Gasteiger partial charge on any atom is 0.338 e. The van der Waals surface area contributed by atoms with Crippen LogP contribution >= 0.6 is 0 Å². The Kier molecular flexibility index (Phi) is 7.57. The van der Waals surface area contributed by atoms with Crippen molar-refractivity contribution in [1.82, 2.24) is 9.13 Å². The fourth-order valence-electron chi connectivity index (χ4n) is 2.75. The van der Waals surface area contributed by atoms with Gasteiger partial charge in [0.25, 0.3) is 5.56 Å². The van der Waals surface area contributed by atoms with E-state index >= 15 is 0 Å². The average Bonchev–Trinajstić information content (AvgIpc) is 2.72. The lowest BCUT2D eigenvalue weighted by Gasteiger charge is -2.14. The van der Waals surface area contributed by atoms with Crippen molar-refractivity contribution in [2.24, 2.45) is 13.0 Å². The number of carbonyl (C=O) groups excluding carboxylic acids is 2. The molecule has 2 aromatic rings. The molecule has 162 valence electrons. The Morgan fingerprint density at radius 2 is 1.90 bits per heavy atom. The average molecular weight is 417 g/mol. The number of hydrogen-bond acceptors (Lipinski definition) is 7. The first-order valence-electron chi connectivity index (χ1n) is 9.69. The summed E-state index contributed by atoms with van der Waals surface area (Å²) in [5.74, 6) is -0.916. The van der Waals surface area contributed by atoms with Gasteiger partial charge in [-0.1, -0.05) is 26.8 Å². The molecule has 1 heterocycles. The molecular weight excluding hydrogens is 390 g/mol. The number of Topliss-reactive ketones (excluding diaryl/α,β-unsaturated/α-hetero) is 1. The molecule has 2 rings (SSSR count). The van der Waals surface area contributed by atoms with Crippen molar-refractivity contribution in [3.05, 3.63) is 56.2 Å². The number of aromatic nitrogens is 2. The second-order valence-corrected chi connectivity index (χ2v) is 7.29. The number of anilines is 1. The Morgan fingerprint density at radius 1 is 1.20 bits per heavy atom. The summed E-state index contributed by atoms with van der Waals surface area (Å²) in [6.07, 6.45) is 0.583. The molecule has 1 aromatic heterocycles. The Morgan fingerprint density at radius 3 is 2.53 bits per heavy atom. The van der Waals surface area contributed by atoms with Crippen LogP contribution in [0.2, 0.25) is 0 Å². The molecule has 0 saturated carbocycles. The van der Waals surface area contributed by atoms with Crippen LogP contribution < -0.4 is 21.7 Å². The molecule has 9 nitrogen and oxygen atoms in total. The zero-order chi connectivity index (χ0) is 22.4. The molecule has 2 N–H and O–H groups in total. The third kappa shape index (κ3) is 5.16. The van der Waals surface area contributed by atoms with Gasteiger partial charge in [-0.3, -0.25) is 18.7 Å². The van der Waals surface area contributed by atoms with Gasteiger partial charge < -0.3 is 15.2 Å². The van der Waals surface area contributed by atoms with E-state index in [4.69, 9.17) is 15.2 Å². The van der Waals surface area contributed by atoms with Gasteiger partial charge in [0.1, 0.15) is 17.1 Å². The topological polar surface area (TPSA) is 123 Å².